The highest BCUT2D eigenvalue weighted by molar-refractivity contribution is 5.98. The molecule has 2 aliphatic rings. The first-order valence-corrected chi connectivity index (χ1v) is 5.64. The van der Waals surface area contributed by atoms with Crippen LogP contribution in [-0.4, -0.2) is 5.78 Å². The summed E-state index contributed by atoms with van der Waals surface area (Å²) in [6.45, 7) is 0. The maximum absolute atomic E-state index is 13.4. The lowest BCUT2D eigenvalue weighted by atomic mass is 9.93. The molecule has 2 unspecified atom stereocenters. The Labute approximate surface area is 92.5 Å². The van der Waals surface area contributed by atoms with Gasteiger partial charge in [0.25, 0.3) is 0 Å². The molecular formula is C13H12F2O. The van der Waals surface area contributed by atoms with Gasteiger partial charge in [-0.05, 0) is 43.2 Å². The number of hydrogen-bond donors (Lipinski definition) is 0. The summed E-state index contributed by atoms with van der Waals surface area (Å²) in [7, 11) is 0. The Morgan fingerprint density at radius 2 is 1.81 bits per heavy atom. The molecule has 0 aromatic heterocycles. The SMILES string of the molecule is O=C(c1ccc(F)cc1F)C1CC2CC2C1. The minimum absolute atomic E-state index is 0.0382. The molecule has 0 radical (unpaired) electrons. The van der Waals surface area contributed by atoms with Gasteiger partial charge in [0.1, 0.15) is 11.6 Å². The Kier molecular flexibility index (Phi) is 2.09. The summed E-state index contributed by atoms with van der Waals surface area (Å²) in [4.78, 5) is 12.0. The second kappa shape index (κ2) is 3.37. The van der Waals surface area contributed by atoms with E-state index in [1.165, 1.54) is 12.5 Å². The molecule has 3 heteroatoms. The third kappa shape index (κ3) is 1.55. The molecule has 0 saturated heterocycles. The van der Waals surface area contributed by atoms with Crippen molar-refractivity contribution >= 4 is 5.78 Å². The maximum Gasteiger partial charge on any atom is 0.168 e. The molecule has 16 heavy (non-hydrogen) atoms. The minimum atomic E-state index is -0.731. The molecule has 1 aromatic carbocycles. The van der Waals surface area contributed by atoms with Crippen LogP contribution in [0, 0.1) is 29.4 Å². The number of fused-ring (bicyclic) bond motifs is 1. The van der Waals surface area contributed by atoms with Gasteiger partial charge in [-0.15, -0.1) is 0 Å². The first-order chi connectivity index (χ1) is 7.65. The van der Waals surface area contributed by atoms with Gasteiger partial charge in [0.05, 0.1) is 5.56 Å². The molecule has 2 atom stereocenters. The second-order valence-corrected chi connectivity index (χ2v) is 4.91. The van der Waals surface area contributed by atoms with E-state index in [4.69, 9.17) is 0 Å². The number of carbonyl (C=O) groups is 1. The molecule has 0 amide bonds. The van der Waals surface area contributed by atoms with Crippen LogP contribution >= 0.6 is 0 Å². The Morgan fingerprint density at radius 1 is 1.12 bits per heavy atom. The molecule has 1 nitrogen and oxygen atoms in total. The predicted octanol–water partition coefficient (Wildman–Crippen LogP) is 3.19. The topological polar surface area (TPSA) is 17.1 Å². The molecule has 2 fully saturated rings. The summed E-state index contributed by atoms with van der Waals surface area (Å²) in [6, 6.07) is 3.19. The largest absolute Gasteiger partial charge is 0.294 e. The van der Waals surface area contributed by atoms with Crippen LogP contribution < -0.4 is 0 Å². The molecule has 2 aliphatic carbocycles. The normalized spacial score (nSPS) is 31.2. The first-order valence-electron chi connectivity index (χ1n) is 5.64. The van der Waals surface area contributed by atoms with Crippen molar-refractivity contribution in [3.05, 3.63) is 35.4 Å². The Morgan fingerprint density at radius 3 is 2.44 bits per heavy atom. The monoisotopic (exact) mass is 222 g/mol. The van der Waals surface area contributed by atoms with Gasteiger partial charge in [0.2, 0.25) is 0 Å². The van der Waals surface area contributed by atoms with Crippen molar-refractivity contribution in [3.8, 4) is 0 Å². The fourth-order valence-electron chi connectivity index (χ4n) is 2.84. The number of benzene rings is 1. The molecule has 1 aromatic rings. The average Bonchev–Trinajstić information content (AvgIpc) is 2.85. The summed E-state index contributed by atoms with van der Waals surface area (Å²) in [5, 5.41) is 0. The fraction of sp³-hybridized carbons (Fsp3) is 0.462. The quantitative estimate of drug-likeness (QED) is 0.702. The zero-order valence-electron chi connectivity index (χ0n) is 8.75. The van der Waals surface area contributed by atoms with Crippen molar-refractivity contribution in [2.45, 2.75) is 19.3 Å². The minimum Gasteiger partial charge on any atom is -0.294 e. The average molecular weight is 222 g/mol. The molecule has 0 aliphatic heterocycles. The van der Waals surface area contributed by atoms with Crippen LogP contribution in [0.3, 0.4) is 0 Å². The van der Waals surface area contributed by atoms with Crippen molar-refractivity contribution in [2.75, 3.05) is 0 Å². The van der Waals surface area contributed by atoms with Crippen molar-refractivity contribution in [1.82, 2.24) is 0 Å². The molecule has 84 valence electrons. The number of Topliss-reactive ketones (excluding diaryl/α,β-unsaturated/α-hetero) is 1. The predicted molar refractivity (Wildman–Crippen MR) is 55.0 cm³/mol. The smallest absolute Gasteiger partial charge is 0.168 e. The molecule has 0 spiro atoms. The van der Waals surface area contributed by atoms with E-state index in [9.17, 15) is 13.6 Å². The van der Waals surface area contributed by atoms with Crippen molar-refractivity contribution in [3.63, 3.8) is 0 Å². The highest BCUT2D eigenvalue weighted by Crippen LogP contribution is 2.54. The van der Waals surface area contributed by atoms with Crippen LogP contribution in [0.25, 0.3) is 0 Å². The summed E-state index contributed by atoms with van der Waals surface area (Å²) >= 11 is 0. The van der Waals surface area contributed by atoms with Crippen molar-refractivity contribution in [1.29, 1.82) is 0 Å². The molecule has 0 N–H and O–H groups in total. The zero-order valence-corrected chi connectivity index (χ0v) is 8.75. The maximum atomic E-state index is 13.4. The van der Waals surface area contributed by atoms with Crippen LogP contribution in [0.5, 0.6) is 0 Å². The van der Waals surface area contributed by atoms with Crippen LogP contribution in [0.1, 0.15) is 29.6 Å². The third-order valence-corrected chi connectivity index (χ3v) is 3.81. The van der Waals surface area contributed by atoms with Crippen molar-refractivity contribution in [2.24, 2.45) is 17.8 Å². The second-order valence-electron chi connectivity index (χ2n) is 4.91. The summed E-state index contributed by atoms with van der Waals surface area (Å²) in [5.74, 6) is -0.169. The van der Waals surface area contributed by atoms with Gasteiger partial charge >= 0.3 is 0 Å². The Hall–Kier alpha value is -1.25. The van der Waals surface area contributed by atoms with Crippen LogP contribution in [0.2, 0.25) is 0 Å². The lowest BCUT2D eigenvalue weighted by molar-refractivity contribution is 0.0910. The van der Waals surface area contributed by atoms with Gasteiger partial charge in [-0.3, -0.25) is 4.79 Å². The van der Waals surface area contributed by atoms with E-state index in [1.807, 2.05) is 0 Å². The lowest BCUT2D eigenvalue weighted by Crippen LogP contribution is -2.14. The van der Waals surface area contributed by atoms with E-state index >= 15 is 0 Å². The van der Waals surface area contributed by atoms with Crippen molar-refractivity contribution < 1.29 is 13.6 Å². The molecular weight excluding hydrogens is 210 g/mol. The number of hydrogen-bond acceptors (Lipinski definition) is 1. The summed E-state index contributed by atoms with van der Waals surface area (Å²) in [6.07, 6.45) is 3.01. The van der Waals surface area contributed by atoms with Gasteiger partial charge < -0.3 is 0 Å². The number of halogens is 2. The van der Waals surface area contributed by atoms with Gasteiger partial charge in [0.15, 0.2) is 5.78 Å². The van der Waals surface area contributed by atoms with E-state index in [0.29, 0.717) is 11.8 Å². The molecule has 0 bridgehead atoms. The number of rotatable bonds is 2. The third-order valence-electron chi connectivity index (χ3n) is 3.81. The molecule has 0 heterocycles. The van der Waals surface area contributed by atoms with Crippen LogP contribution in [-0.2, 0) is 0 Å². The zero-order chi connectivity index (χ0) is 11.3. The van der Waals surface area contributed by atoms with Gasteiger partial charge in [0, 0.05) is 12.0 Å². The van der Waals surface area contributed by atoms with Gasteiger partial charge in [-0.2, -0.15) is 0 Å². The molecule has 3 rings (SSSR count). The highest BCUT2D eigenvalue weighted by Gasteiger charge is 2.48. The standard InChI is InChI=1S/C13H12F2O/c14-10-1-2-11(12(15)6-10)13(16)9-4-7-3-8(7)5-9/h1-2,6-9H,3-5H2. The summed E-state index contributed by atoms with van der Waals surface area (Å²) < 4.78 is 26.1. The Balaban J connectivity index is 1.83. The summed E-state index contributed by atoms with van der Waals surface area (Å²) in [5.41, 5.74) is 0.0488. The van der Waals surface area contributed by atoms with Crippen LogP contribution in [0.4, 0.5) is 8.78 Å². The first kappa shape index (κ1) is 9.94. The van der Waals surface area contributed by atoms with Crippen LogP contribution in [0.15, 0.2) is 18.2 Å². The Bertz CT molecular complexity index is 445. The van der Waals surface area contributed by atoms with Gasteiger partial charge in [-0.25, -0.2) is 8.78 Å². The highest BCUT2D eigenvalue weighted by atomic mass is 19.1. The fourth-order valence-corrected chi connectivity index (χ4v) is 2.84. The van der Waals surface area contributed by atoms with E-state index < -0.39 is 11.6 Å². The molecule has 2 saturated carbocycles. The lowest BCUT2D eigenvalue weighted by Gasteiger charge is -2.10. The van der Waals surface area contributed by atoms with E-state index in [-0.39, 0.29) is 17.3 Å². The number of ketones is 1. The van der Waals surface area contributed by atoms with E-state index in [0.717, 1.165) is 25.0 Å². The van der Waals surface area contributed by atoms with E-state index in [1.54, 1.807) is 0 Å². The van der Waals surface area contributed by atoms with E-state index in [2.05, 4.69) is 0 Å². The number of carbonyl (C=O) groups excluding carboxylic acids is 1. The van der Waals surface area contributed by atoms with Gasteiger partial charge in [-0.1, -0.05) is 0 Å².